The fourth-order valence-electron chi connectivity index (χ4n) is 4.77. The lowest BCUT2D eigenvalue weighted by Gasteiger charge is -2.36. The molecule has 10 nitrogen and oxygen atoms in total. The van der Waals surface area contributed by atoms with Crippen molar-refractivity contribution >= 4 is 40.5 Å². The molecule has 1 aliphatic heterocycles. The van der Waals surface area contributed by atoms with Gasteiger partial charge in [0.05, 0.1) is 22.9 Å². The van der Waals surface area contributed by atoms with Crippen molar-refractivity contribution in [2.45, 2.75) is 26.3 Å². The summed E-state index contributed by atoms with van der Waals surface area (Å²) in [5, 5.41) is 7.05. The number of nitrogens with one attached hydrogen (secondary N) is 4. The Morgan fingerprint density at radius 1 is 1.27 bits per heavy atom. The summed E-state index contributed by atoms with van der Waals surface area (Å²) in [7, 11) is 2.10. The molecule has 0 bridgehead atoms. The molecule has 1 fully saturated rings. The van der Waals surface area contributed by atoms with Crippen molar-refractivity contribution in [1.29, 1.82) is 0 Å². The summed E-state index contributed by atoms with van der Waals surface area (Å²) in [6.07, 6.45) is 12.9. The number of hydrogen-bond acceptors (Lipinski definition) is 9. The Morgan fingerprint density at radius 3 is 2.76 bits per heavy atom. The van der Waals surface area contributed by atoms with Crippen LogP contribution in [0.1, 0.15) is 18.9 Å². The van der Waals surface area contributed by atoms with Crippen LogP contribution >= 0.6 is 11.9 Å². The van der Waals surface area contributed by atoms with Crippen LogP contribution < -0.4 is 15.4 Å². The number of carbonyl (C=O) groups is 1. The Bertz CT molecular complexity index is 1430. The highest BCUT2D eigenvalue weighted by Crippen LogP contribution is 2.32. The standard InChI is InChI=1S/C29H38FN9OS/c1-6-24(39-14-12-38(4)13-15-39)28(40)36-27-26-22(10-11-31-27)23(18-32-26)25-19(2)17-33-29(35-25)34-20(3)8-7-9-21(16-30)37-41-5/h7-11,17-18,24,32,37H,3,6,12-16H2,1-2,4-5H3,(H,31,36,40)(H,33,34,35)/b8-7-,21-9+. The van der Waals surface area contributed by atoms with Crippen LogP contribution in [0.2, 0.25) is 0 Å². The third kappa shape index (κ3) is 7.51. The van der Waals surface area contributed by atoms with Gasteiger partial charge >= 0.3 is 0 Å². The Labute approximate surface area is 244 Å². The molecule has 4 N–H and O–H groups in total. The molecule has 218 valence electrons. The number of alkyl halides is 1. The largest absolute Gasteiger partial charge is 0.357 e. The van der Waals surface area contributed by atoms with E-state index in [1.807, 2.05) is 32.4 Å². The molecule has 0 saturated carbocycles. The van der Waals surface area contributed by atoms with Gasteiger partial charge < -0.3 is 25.2 Å². The third-order valence-corrected chi connectivity index (χ3v) is 7.45. The SMILES string of the molecule is C=C(/C=C\C=C(/CF)NSC)Nc1ncc(C)c(-c2c[nH]c3c(NC(=O)C(CC)N4CCN(C)CC4)nccc23)n1. The van der Waals surface area contributed by atoms with Crippen molar-refractivity contribution in [3.63, 3.8) is 0 Å². The molecule has 1 aliphatic rings. The number of likely N-dealkylation sites (N-methyl/N-ethyl adjacent to an activating group) is 1. The normalized spacial score (nSPS) is 15.8. The number of H-pyrrole nitrogens is 1. The zero-order valence-corrected chi connectivity index (χ0v) is 24.8. The molecule has 3 aromatic rings. The first-order valence-electron chi connectivity index (χ1n) is 13.6. The maximum atomic E-state index is 13.3. The van der Waals surface area contributed by atoms with Gasteiger partial charge in [0.15, 0.2) is 5.82 Å². The Kier molecular flexibility index (Phi) is 10.5. The van der Waals surface area contributed by atoms with Crippen LogP contribution in [0.4, 0.5) is 16.2 Å². The van der Waals surface area contributed by atoms with Gasteiger partial charge in [-0.1, -0.05) is 31.5 Å². The predicted molar refractivity (Wildman–Crippen MR) is 166 cm³/mol. The molecule has 4 rings (SSSR count). The molecule has 4 heterocycles. The maximum absolute atomic E-state index is 13.3. The molecule has 0 aromatic carbocycles. The molecule has 1 amide bonds. The first-order valence-corrected chi connectivity index (χ1v) is 14.8. The summed E-state index contributed by atoms with van der Waals surface area (Å²) in [5.41, 5.74) is 4.24. The first kappa shape index (κ1) is 30.2. The van der Waals surface area contributed by atoms with E-state index in [0.29, 0.717) is 23.2 Å². The van der Waals surface area contributed by atoms with E-state index in [4.69, 9.17) is 4.98 Å². The minimum Gasteiger partial charge on any atom is -0.357 e. The van der Waals surface area contributed by atoms with Crippen LogP contribution in [-0.2, 0) is 4.79 Å². The molecule has 1 unspecified atom stereocenters. The van der Waals surface area contributed by atoms with Crippen LogP contribution in [0.15, 0.2) is 60.9 Å². The second-order valence-electron chi connectivity index (χ2n) is 9.90. The summed E-state index contributed by atoms with van der Waals surface area (Å²) in [6.45, 7) is 11.0. The number of anilines is 2. The number of hydrogen-bond donors (Lipinski definition) is 4. The van der Waals surface area contributed by atoms with Crippen molar-refractivity contribution in [3.05, 3.63) is 66.4 Å². The number of fused-ring (bicyclic) bond motifs is 1. The molecule has 0 radical (unpaired) electrons. The summed E-state index contributed by atoms with van der Waals surface area (Å²) >= 11 is 1.33. The topological polar surface area (TPSA) is 114 Å². The molecule has 3 aromatic heterocycles. The van der Waals surface area contributed by atoms with Gasteiger partial charge in [-0.25, -0.2) is 19.3 Å². The Morgan fingerprint density at radius 2 is 2.05 bits per heavy atom. The summed E-state index contributed by atoms with van der Waals surface area (Å²) in [5.74, 6) is 0.820. The van der Waals surface area contributed by atoms with Gasteiger partial charge in [0.2, 0.25) is 11.9 Å². The van der Waals surface area contributed by atoms with Gasteiger partial charge in [-0.3, -0.25) is 9.69 Å². The number of aromatic nitrogens is 4. The molecule has 0 spiro atoms. The number of aryl methyl sites for hydroxylation is 1. The van der Waals surface area contributed by atoms with E-state index in [-0.39, 0.29) is 11.9 Å². The number of rotatable bonds is 12. The molecule has 12 heteroatoms. The highest BCUT2D eigenvalue weighted by molar-refractivity contribution is 7.96. The molecule has 41 heavy (non-hydrogen) atoms. The summed E-state index contributed by atoms with van der Waals surface area (Å²) < 4.78 is 15.9. The zero-order chi connectivity index (χ0) is 29.4. The van der Waals surface area contributed by atoms with E-state index in [2.05, 4.69) is 53.7 Å². The Hall–Kier alpha value is -3.74. The van der Waals surface area contributed by atoms with Gasteiger partial charge in [-0.15, -0.1) is 0 Å². The molecule has 0 aliphatic carbocycles. The third-order valence-electron chi connectivity index (χ3n) is 6.98. The zero-order valence-electron chi connectivity index (χ0n) is 24.0. The fourth-order valence-corrected chi connectivity index (χ4v) is 5.15. The van der Waals surface area contributed by atoms with Crippen molar-refractivity contribution < 1.29 is 9.18 Å². The van der Waals surface area contributed by atoms with Crippen molar-refractivity contribution in [1.82, 2.24) is 34.5 Å². The lowest BCUT2D eigenvalue weighted by Crippen LogP contribution is -2.52. The van der Waals surface area contributed by atoms with Crippen LogP contribution in [0.5, 0.6) is 0 Å². The number of amides is 1. The second-order valence-corrected chi connectivity index (χ2v) is 10.5. The lowest BCUT2D eigenvalue weighted by molar-refractivity contribution is -0.122. The van der Waals surface area contributed by atoms with Crippen LogP contribution in [-0.4, -0.2) is 87.8 Å². The molecule has 1 atom stereocenters. The Balaban J connectivity index is 1.53. The first-order chi connectivity index (χ1) is 19.8. The van der Waals surface area contributed by atoms with Gasteiger partial charge in [0.1, 0.15) is 6.67 Å². The highest BCUT2D eigenvalue weighted by atomic mass is 32.2. The molecular weight excluding hydrogens is 541 g/mol. The van der Waals surface area contributed by atoms with E-state index in [1.54, 1.807) is 30.6 Å². The fraction of sp³-hybridized carbons (Fsp3) is 0.379. The number of aromatic amines is 1. The lowest BCUT2D eigenvalue weighted by atomic mass is 10.1. The quantitative estimate of drug-likeness (QED) is 0.182. The van der Waals surface area contributed by atoms with E-state index in [9.17, 15) is 9.18 Å². The van der Waals surface area contributed by atoms with Crippen molar-refractivity contribution in [2.24, 2.45) is 0 Å². The smallest absolute Gasteiger partial charge is 0.242 e. The van der Waals surface area contributed by atoms with E-state index < -0.39 is 6.67 Å². The summed E-state index contributed by atoms with van der Waals surface area (Å²) in [6, 6.07) is 1.69. The number of carbonyl (C=O) groups excluding carboxylic acids is 1. The van der Waals surface area contributed by atoms with Gasteiger partial charge in [0, 0.05) is 67.7 Å². The van der Waals surface area contributed by atoms with Gasteiger partial charge in [-0.2, -0.15) is 0 Å². The minimum absolute atomic E-state index is 0.0535. The van der Waals surface area contributed by atoms with Crippen LogP contribution in [0.3, 0.4) is 0 Å². The average Bonchev–Trinajstić information content (AvgIpc) is 3.40. The average molecular weight is 580 g/mol. The highest BCUT2D eigenvalue weighted by Gasteiger charge is 2.27. The monoisotopic (exact) mass is 579 g/mol. The number of halogens is 1. The van der Waals surface area contributed by atoms with Crippen molar-refractivity contribution in [2.75, 3.05) is 56.8 Å². The minimum atomic E-state index is -0.587. The van der Waals surface area contributed by atoms with Gasteiger partial charge in [-0.05, 0) is 44.2 Å². The second kappa shape index (κ2) is 14.2. The predicted octanol–water partition coefficient (Wildman–Crippen LogP) is 4.50. The van der Waals surface area contributed by atoms with E-state index in [0.717, 1.165) is 60.3 Å². The molecular formula is C29H38FN9OS. The number of allylic oxidation sites excluding steroid dienone is 4. The number of nitrogens with zero attached hydrogens (tertiary/aromatic N) is 5. The summed E-state index contributed by atoms with van der Waals surface area (Å²) in [4.78, 5) is 34.8. The number of piperazine rings is 1. The number of pyridine rings is 1. The van der Waals surface area contributed by atoms with Crippen LogP contribution in [0, 0.1) is 6.92 Å². The van der Waals surface area contributed by atoms with Crippen LogP contribution in [0.25, 0.3) is 22.2 Å². The van der Waals surface area contributed by atoms with E-state index in [1.165, 1.54) is 11.9 Å². The van der Waals surface area contributed by atoms with E-state index >= 15 is 0 Å². The van der Waals surface area contributed by atoms with Gasteiger partial charge in [0.25, 0.3) is 0 Å². The molecule has 1 saturated heterocycles. The van der Waals surface area contributed by atoms with Crippen molar-refractivity contribution in [3.8, 4) is 11.3 Å². The maximum Gasteiger partial charge on any atom is 0.242 e.